The second kappa shape index (κ2) is 6.30. The van der Waals surface area contributed by atoms with Crippen molar-refractivity contribution in [2.75, 3.05) is 11.5 Å². The minimum atomic E-state index is 0.243. The van der Waals surface area contributed by atoms with Crippen molar-refractivity contribution in [1.29, 1.82) is 0 Å². The first-order valence-electron chi connectivity index (χ1n) is 5.20. The van der Waals surface area contributed by atoms with Crippen LogP contribution in [0.4, 0.5) is 0 Å². The Hall–Kier alpha value is -0.180. The van der Waals surface area contributed by atoms with Gasteiger partial charge in [-0.3, -0.25) is 4.79 Å². The highest BCUT2D eigenvalue weighted by atomic mass is 32.2. The normalized spacial score (nSPS) is 17.6. The zero-order valence-electron chi connectivity index (χ0n) is 8.34. The Bertz CT molecular complexity index is 155. The van der Waals surface area contributed by atoms with Crippen molar-refractivity contribution in [3.05, 3.63) is 0 Å². The van der Waals surface area contributed by atoms with Gasteiger partial charge in [0.1, 0.15) is 0 Å². The number of hydrogen-bond donors (Lipinski definition) is 1. The van der Waals surface area contributed by atoms with Gasteiger partial charge in [-0.05, 0) is 18.6 Å². The van der Waals surface area contributed by atoms with Crippen molar-refractivity contribution in [2.45, 2.75) is 45.1 Å². The van der Waals surface area contributed by atoms with Gasteiger partial charge in [0, 0.05) is 18.2 Å². The van der Waals surface area contributed by atoms with Crippen LogP contribution in [0.2, 0.25) is 0 Å². The molecule has 1 rings (SSSR count). The molecule has 0 atom stereocenters. The second-order valence-corrected chi connectivity index (χ2v) is 4.89. The van der Waals surface area contributed by atoms with Gasteiger partial charge in [0.2, 0.25) is 5.91 Å². The highest BCUT2D eigenvalue weighted by Crippen LogP contribution is 2.17. The van der Waals surface area contributed by atoms with Crippen LogP contribution in [0.25, 0.3) is 0 Å². The number of carbonyl (C=O) groups is 1. The highest BCUT2D eigenvalue weighted by Gasteiger charge is 2.16. The van der Waals surface area contributed by atoms with Gasteiger partial charge in [-0.2, -0.15) is 11.8 Å². The van der Waals surface area contributed by atoms with E-state index in [4.69, 9.17) is 0 Å². The average molecular weight is 201 g/mol. The number of rotatable bonds is 5. The molecular formula is C10H19NOS. The van der Waals surface area contributed by atoms with E-state index in [0.29, 0.717) is 12.5 Å². The molecule has 3 heteroatoms. The van der Waals surface area contributed by atoms with Crippen molar-refractivity contribution in [1.82, 2.24) is 5.32 Å². The Kier molecular flexibility index (Phi) is 5.28. The monoisotopic (exact) mass is 201 g/mol. The first kappa shape index (κ1) is 10.9. The topological polar surface area (TPSA) is 29.1 Å². The molecule has 0 unspecified atom stereocenters. The lowest BCUT2D eigenvalue weighted by Gasteiger charge is -2.11. The average Bonchev–Trinajstić information content (AvgIpc) is 2.57. The first-order chi connectivity index (χ1) is 6.33. The summed E-state index contributed by atoms with van der Waals surface area (Å²) >= 11 is 1.83. The Balaban J connectivity index is 2.02. The van der Waals surface area contributed by atoms with E-state index in [1.165, 1.54) is 25.7 Å². The molecule has 13 heavy (non-hydrogen) atoms. The van der Waals surface area contributed by atoms with Gasteiger partial charge in [-0.15, -0.1) is 0 Å². The van der Waals surface area contributed by atoms with Gasteiger partial charge in [0.25, 0.3) is 0 Å². The van der Waals surface area contributed by atoms with Crippen LogP contribution in [-0.4, -0.2) is 23.5 Å². The van der Waals surface area contributed by atoms with E-state index in [-0.39, 0.29) is 5.91 Å². The lowest BCUT2D eigenvalue weighted by Crippen LogP contribution is -2.32. The predicted octanol–water partition coefficient (Wildman–Crippen LogP) is 2.19. The summed E-state index contributed by atoms with van der Waals surface area (Å²) in [6, 6.07) is 0.485. The molecule has 1 amide bonds. The molecule has 1 aliphatic rings. The maximum atomic E-state index is 11.3. The molecule has 0 aromatic carbocycles. The first-order valence-corrected chi connectivity index (χ1v) is 6.35. The van der Waals surface area contributed by atoms with E-state index in [1.54, 1.807) is 0 Å². The molecule has 1 saturated carbocycles. The number of thioether (sulfide) groups is 1. The lowest BCUT2D eigenvalue weighted by molar-refractivity contribution is -0.121. The maximum Gasteiger partial charge on any atom is 0.221 e. The Labute approximate surface area is 84.9 Å². The largest absolute Gasteiger partial charge is 0.353 e. The van der Waals surface area contributed by atoms with Gasteiger partial charge < -0.3 is 5.32 Å². The second-order valence-electron chi connectivity index (χ2n) is 3.50. The maximum absolute atomic E-state index is 11.3. The van der Waals surface area contributed by atoms with Gasteiger partial charge in [0.15, 0.2) is 0 Å². The van der Waals surface area contributed by atoms with Crippen LogP contribution in [0.15, 0.2) is 0 Å². The van der Waals surface area contributed by atoms with Crippen molar-refractivity contribution in [3.8, 4) is 0 Å². The highest BCUT2D eigenvalue weighted by molar-refractivity contribution is 7.99. The SMILES string of the molecule is CCSCCC(=O)NC1CCCC1. The zero-order valence-corrected chi connectivity index (χ0v) is 9.16. The number of hydrogen-bond acceptors (Lipinski definition) is 2. The minimum Gasteiger partial charge on any atom is -0.353 e. The molecule has 0 aliphatic heterocycles. The molecule has 0 aromatic heterocycles. The third-order valence-electron chi connectivity index (χ3n) is 2.40. The standard InChI is InChI=1S/C10H19NOS/c1-2-13-8-7-10(12)11-9-5-3-4-6-9/h9H,2-8H2,1H3,(H,11,12). The molecule has 0 spiro atoms. The summed E-state index contributed by atoms with van der Waals surface area (Å²) in [5.74, 6) is 2.32. The van der Waals surface area contributed by atoms with Crippen LogP contribution in [-0.2, 0) is 4.79 Å². The Morgan fingerprint density at radius 3 is 2.77 bits per heavy atom. The Morgan fingerprint density at radius 1 is 1.46 bits per heavy atom. The van der Waals surface area contributed by atoms with E-state index >= 15 is 0 Å². The molecular weight excluding hydrogens is 182 g/mol. The summed E-state index contributed by atoms with van der Waals surface area (Å²) in [6.07, 6.45) is 5.64. The van der Waals surface area contributed by atoms with Crippen LogP contribution < -0.4 is 5.32 Å². The number of carbonyl (C=O) groups excluding carboxylic acids is 1. The summed E-state index contributed by atoms with van der Waals surface area (Å²) in [5.41, 5.74) is 0. The summed E-state index contributed by atoms with van der Waals surface area (Å²) in [6.45, 7) is 2.12. The third-order valence-corrected chi connectivity index (χ3v) is 3.30. The summed E-state index contributed by atoms with van der Waals surface area (Å²) in [5, 5.41) is 3.09. The smallest absolute Gasteiger partial charge is 0.221 e. The van der Waals surface area contributed by atoms with Crippen LogP contribution >= 0.6 is 11.8 Å². The Morgan fingerprint density at radius 2 is 2.15 bits per heavy atom. The molecule has 0 aromatic rings. The van der Waals surface area contributed by atoms with Gasteiger partial charge in [0.05, 0.1) is 0 Å². The third kappa shape index (κ3) is 4.55. The fraction of sp³-hybridized carbons (Fsp3) is 0.900. The molecule has 1 fully saturated rings. The molecule has 0 saturated heterocycles. The molecule has 0 bridgehead atoms. The summed E-state index contributed by atoms with van der Waals surface area (Å²) in [4.78, 5) is 11.3. The van der Waals surface area contributed by atoms with E-state index in [0.717, 1.165) is 11.5 Å². The summed E-state index contributed by atoms with van der Waals surface area (Å²) in [7, 11) is 0. The van der Waals surface area contributed by atoms with E-state index in [1.807, 2.05) is 11.8 Å². The van der Waals surface area contributed by atoms with Crippen molar-refractivity contribution in [2.24, 2.45) is 0 Å². The molecule has 0 heterocycles. The zero-order chi connectivity index (χ0) is 9.52. The van der Waals surface area contributed by atoms with E-state index in [9.17, 15) is 4.79 Å². The van der Waals surface area contributed by atoms with Gasteiger partial charge >= 0.3 is 0 Å². The summed E-state index contributed by atoms with van der Waals surface area (Å²) < 4.78 is 0. The fourth-order valence-corrected chi connectivity index (χ4v) is 2.30. The molecule has 0 radical (unpaired) electrons. The van der Waals surface area contributed by atoms with Crippen LogP contribution in [0, 0.1) is 0 Å². The van der Waals surface area contributed by atoms with E-state index < -0.39 is 0 Å². The van der Waals surface area contributed by atoms with Gasteiger partial charge in [-0.25, -0.2) is 0 Å². The van der Waals surface area contributed by atoms with Crippen molar-refractivity contribution >= 4 is 17.7 Å². The predicted molar refractivity (Wildman–Crippen MR) is 58.0 cm³/mol. The van der Waals surface area contributed by atoms with E-state index in [2.05, 4.69) is 12.2 Å². The lowest BCUT2D eigenvalue weighted by atomic mass is 10.2. The quantitative estimate of drug-likeness (QED) is 0.691. The van der Waals surface area contributed by atoms with Crippen molar-refractivity contribution in [3.63, 3.8) is 0 Å². The van der Waals surface area contributed by atoms with Crippen LogP contribution in [0.1, 0.15) is 39.0 Å². The number of amides is 1. The molecule has 1 aliphatic carbocycles. The van der Waals surface area contributed by atoms with Crippen LogP contribution in [0.3, 0.4) is 0 Å². The number of nitrogens with one attached hydrogen (secondary N) is 1. The minimum absolute atomic E-state index is 0.243. The fourth-order valence-electron chi connectivity index (χ4n) is 1.68. The molecule has 2 nitrogen and oxygen atoms in total. The van der Waals surface area contributed by atoms with Gasteiger partial charge in [-0.1, -0.05) is 19.8 Å². The molecule has 76 valence electrons. The van der Waals surface area contributed by atoms with Crippen LogP contribution in [0.5, 0.6) is 0 Å². The molecule has 1 N–H and O–H groups in total. The van der Waals surface area contributed by atoms with Crippen molar-refractivity contribution < 1.29 is 4.79 Å².